The molecule has 1 fully saturated rings. The Labute approximate surface area is 164 Å². The summed E-state index contributed by atoms with van der Waals surface area (Å²) in [6, 6.07) is 9.48. The number of ether oxygens (including phenoxy) is 1. The monoisotopic (exact) mass is 382 g/mol. The van der Waals surface area contributed by atoms with Crippen LogP contribution in [0.3, 0.4) is 0 Å². The van der Waals surface area contributed by atoms with Crippen molar-refractivity contribution in [2.45, 2.75) is 38.8 Å². The maximum absolute atomic E-state index is 13.2. The number of nitrogens with zero attached hydrogens (tertiary/aromatic N) is 4. The predicted octanol–water partition coefficient (Wildman–Crippen LogP) is 1.97. The molecule has 2 aromatic rings. The van der Waals surface area contributed by atoms with Gasteiger partial charge in [0, 0.05) is 38.5 Å². The molecule has 0 spiro atoms. The minimum Gasteiger partial charge on any atom is -0.378 e. The second-order valence-electron chi connectivity index (χ2n) is 7.38. The lowest BCUT2D eigenvalue weighted by atomic mass is 10.0. The molecule has 7 heteroatoms. The van der Waals surface area contributed by atoms with Crippen LogP contribution in [0.4, 0.5) is 11.6 Å². The molecule has 0 unspecified atom stereocenters. The Morgan fingerprint density at radius 1 is 1.14 bits per heavy atom. The highest BCUT2D eigenvalue weighted by molar-refractivity contribution is 5.94. The summed E-state index contributed by atoms with van der Waals surface area (Å²) in [6.07, 6.45) is 4.05. The largest absolute Gasteiger partial charge is 0.378 e. The molecule has 1 aromatic carbocycles. The molecule has 2 aliphatic rings. The summed E-state index contributed by atoms with van der Waals surface area (Å²) in [7, 11) is 1.58. The van der Waals surface area contributed by atoms with Crippen LogP contribution >= 0.6 is 0 Å². The van der Waals surface area contributed by atoms with Crippen molar-refractivity contribution in [1.82, 2.24) is 9.55 Å². The van der Waals surface area contributed by atoms with Gasteiger partial charge in [0.15, 0.2) is 0 Å². The zero-order chi connectivity index (χ0) is 19.5. The van der Waals surface area contributed by atoms with Gasteiger partial charge >= 0.3 is 0 Å². The van der Waals surface area contributed by atoms with Gasteiger partial charge in [0.2, 0.25) is 11.9 Å². The van der Waals surface area contributed by atoms with E-state index in [0.717, 1.165) is 44.5 Å². The van der Waals surface area contributed by atoms with Crippen molar-refractivity contribution in [1.29, 1.82) is 0 Å². The van der Waals surface area contributed by atoms with Gasteiger partial charge in [-0.05, 0) is 37.3 Å². The summed E-state index contributed by atoms with van der Waals surface area (Å²) < 4.78 is 6.67. The van der Waals surface area contributed by atoms with Crippen molar-refractivity contribution >= 4 is 17.5 Å². The Hall–Kier alpha value is -2.67. The molecule has 7 nitrogen and oxygen atoms in total. The van der Waals surface area contributed by atoms with Crippen LogP contribution in [0.2, 0.25) is 0 Å². The van der Waals surface area contributed by atoms with E-state index in [1.54, 1.807) is 7.11 Å². The van der Waals surface area contributed by atoms with E-state index in [2.05, 4.69) is 16.0 Å². The highest BCUT2D eigenvalue weighted by Gasteiger charge is 2.25. The summed E-state index contributed by atoms with van der Waals surface area (Å²) in [5.41, 5.74) is 2.53. The molecule has 0 saturated carbocycles. The van der Waals surface area contributed by atoms with E-state index >= 15 is 0 Å². The lowest BCUT2D eigenvalue weighted by Gasteiger charge is -2.30. The van der Waals surface area contributed by atoms with Gasteiger partial charge in [-0.2, -0.15) is 0 Å². The fourth-order valence-electron chi connectivity index (χ4n) is 4.08. The van der Waals surface area contributed by atoms with Crippen LogP contribution in [0.5, 0.6) is 0 Å². The number of anilines is 2. The molecular formula is C21H26N4O3. The lowest BCUT2D eigenvalue weighted by molar-refractivity contribution is -0.119. The molecule has 28 heavy (non-hydrogen) atoms. The molecule has 148 valence electrons. The van der Waals surface area contributed by atoms with E-state index < -0.39 is 0 Å². The van der Waals surface area contributed by atoms with Gasteiger partial charge in [0.1, 0.15) is 6.54 Å². The maximum Gasteiger partial charge on any atom is 0.255 e. The molecule has 1 saturated heterocycles. The van der Waals surface area contributed by atoms with E-state index in [4.69, 9.17) is 4.74 Å². The van der Waals surface area contributed by atoms with Crippen LogP contribution in [0.1, 0.15) is 30.5 Å². The first-order chi connectivity index (χ1) is 13.7. The SMILES string of the molecule is COCc1cc(=O)n(CC(=O)N2CCCc3ccccc32)c(N2CCCC2)n1. The smallest absolute Gasteiger partial charge is 0.255 e. The number of aromatic nitrogens is 2. The van der Waals surface area contributed by atoms with E-state index in [9.17, 15) is 9.59 Å². The first-order valence-electron chi connectivity index (χ1n) is 9.90. The number of hydrogen-bond acceptors (Lipinski definition) is 5. The minimum absolute atomic E-state index is 0.000731. The molecule has 0 N–H and O–H groups in total. The Morgan fingerprint density at radius 2 is 1.93 bits per heavy atom. The fourth-order valence-corrected chi connectivity index (χ4v) is 4.08. The van der Waals surface area contributed by atoms with Crippen molar-refractivity contribution in [2.75, 3.05) is 36.5 Å². The van der Waals surface area contributed by atoms with Crippen LogP contribution in [-0.4, -0.2) is 42.2 Å². The first-order valence-corrected chi connectivity index (χ1v) is 9.90. The third-order valence-electron chi connectivity index (χ3n) is 5.43. The average molecular weight is 382 g/mol. The average Bonchev–Trinajstić information content (AvgIpc) is 3.24. The number of amides is 1. The first kappa shape index (κ1) is 18.7. The number of hydrogen-bond donors (Lipinski definition) is 0. The highest BCUT2D eigenvalue weighted by atomic mass is 16.5. The van der Waals surface area contributed by atoms with Crippen LogP contribution in [0.15, 0.2) is 35.1 Å². The molecule has 0 aliphatic carbocycles. The fraction of sp³-hybridized carbons (Fsp3) is 0.476. The Balaban J connectivity index is 1.66. The zero-order valence-corrected chi connectivity index (χ0v) is 16.3. The molecule has 0 atom stereocenters. The van der Waals surface area contributed by atoms with Crippen LogP contribution in [-0.2, 0) is 29.1 Å². The molecule has 0 bridgehead atoms. The van der Waals surface area contributed by atoms with Gasteiger partial charge in [-0.15, -0.1) is 0 Å². The second-order valence-corrected chi connectivity index (χ2v) is 7.38. The predicted molar refractivity (Wildman–Crippen MR) is 108 cm³/mol. The Morgan fingerprint density at radius 3 is 2.71 bits per heavy atom. The van der Waals surface area contributed by atoms with Gasteiger partial charge < -0.3 is 14.5 Å². The molecule has 1 amide bonds. The number of benzene rings is 1. The van der Waals surface area contributed by atoms with Crippen molar-refractivity contribution in [3.63, 3.8) is 0 Å². The molecule has 1 aromatic heterocycles. The van der Waals surface area contributed by atoms with E-state index in [0.29, 0.717) is 18.2 Å². The minimum atomic E-state index is -0.206. The molecule has 0 radical (unpaired) electrons. The quantitative estimate of drug-likeness (QED) is 0.791. The maximum atomic E-state index is 13.2. The summed E-state index contributed by atoms with van der Waals surface area (Å²) in [6.45, 7) is 2.66. The summed E-state index contributed by atoms with van der Waals surface area (Å²) in [5, 5.41) is 0. The van der Waals surface area contributed by atoms with Gasteiger partial charge in [0.05, 0.1) is 12.3 Å². The number of rotatable bonds is 5. The van der Waals surface area contributed by atoms with Crippen LogP contribution in [0, 0.1) is 0 Å². The number of para-hydroxylation sites is 1. The van der Waals surface area contributed by atoms with E-state index in [-0.39, 0.29) is 24.6 Å². The second kappa shape index (κ2) is 8.14. The third-order valence-corrected chi connectivity index (χ3v) is 5.43. The topological polar surface area (TPSA) is 67.7 Å². The number of aryl methyl sites for hydroxylation is 1. The summed E-state index contributed by atoms with van der Waals surface area (Å²) >= 11 is 0. The lowest BCUT2D eigenvalue weighted by Crippen LogP contribution is -2.41. The van der Waals surface area contributed by atoms with Crippen LogP contribution in [0.25, 0.3) is 0 Å². The Kier molecular flexibility index (Phi) is 5.43. The van der Waals surface area contributed by atoms with Gasteiger partial charge in [-0.3, -0.25) is 14.2 Å². The van der Waals surface area contributed by atoms with Crippen molar-refractivity contribution in [3.8, 4) is 0 Å². The molecule has 3 heterocycles. The number of fused-ring (bicyclic) bond motifs is 1. The summed E-state index contributed by atoms with van der Waals surface area (Å²) in [4.78, 5) is 34.5. The summed E-state index contributed by atoms with van der Waals surface area (Å²) in [5.74, 6) is 0.506. The number of carbonyl (C=O) groups is 1. The van der Waals surface area contributed by atoms with Gasteiger partial charge in [-0.1, -0.05) is 18.2 Å². The molecular weight excluding hydrogens is 356 g/mol. The van der Waals surface area contributed by atoms with E-state index in [1.807, 2.05) is 23.1 Å². The third kappa shape index (κ3) is 3.67. The zero-order valence-electron chi connectivity index (χ0n) is 16.3. The highest BCUT2D eigenvalue weighted by Crippen LogP contribution is 2.27. The van der Waals surface area contributed by atoms with Gasteiger partial charge in [0.25, 0.3) is 5.56 Å². The van der Waals surface area contributed by atoms with Crippen molar-refractivity contribution < 1.29 is 9.53 Å². The molecule has 4 rings (SSSR count). The van der Waals surface area contributed by atoms with Crippen LogP contribution < -0.4 is 15.4 Å². The van der Waals surface area contributed by atoms with Gasteiger partial charge in [-0.25, -0.2) is 4.98 Å². The van der Waals surface area contributed by atoms with Crippen molar-refractivity contribution in [3.05, 3.63) is 51.9 Å². The normalized spacial score (nSPS) is 16.3. The molecule has 2 aliphatic heterocycles. The number of methoxy groups -OCH3 is 1. The Bertz CT molecular complexity index is 918. The standard InChI is InChI=1S/C21H26N4O3/c1-28-15-17-13-19(26)25(21(22-17)23-10-4-5-11-23)14-20(27)24-12-6-8-16-7-2-3-9-18(16)24/h2-3,7,9,13H,4-6,8,10-12,14-15H2,1H3. The van der Waals surface area contributed by atoms with Crippen molar-refractivity contribution in [2.24, 2.45) is 0 Å². The van der Waals surface area contributed by atoms with E-state index in [1.165, 1.54) is 16.2 Å². The number of carbonyl (C=O) groups excluding carboxylic acids is 1.